The SMILES string of the molecule is O=C(O)CCNc1n[n+](O)c2cc(Br)ccc2[n+]1O. The monoisotopic (exact) mass is 330 g/mol. The van der Waals surface area contributed by atoms with Gasteiger partial charge in [0.25, 0.3) is 5.10 Å². The van der Waals surface area contributed by atoms with Crippen molar-refractivity contribution < 1.29 is 29.9 Å². The first-order valence-electron chi connectivity index (χ1n) is 5.31. The number of benzene rings is 1. The minimum atomic E-state index is -0.974. The Morgan fingerprint density at radius 3 is 2.79 bits per heavy atom. The fraction of sp³-hybridized carbons (Fsp3) is 0.200. The molecule has 2 aromatic rings. The van der Waals surface area contributed by atoms with Crippen LogP contribution in [0.1, 0.15) is 6.42 Å². The molecule has 0 spiro atoms. The van der Waals surface area contributed by atoms with Crippen LogP contribution >= 0.6 is 15.9 Å². The zero-order chi connectivity index (χ0) is 14.0. The van der Waals surface area contributed by atoms with E-state index in [1.807, 2.05) is 0 Å². The summed E-state index contributed by atoms with van der Waals surface area (Å²) < 4.78 is 1.47. The molecule has 1 heterocycles. The van der Waals surface area contributed by atoms with Crippen molar-refractivity contribution in [3.63, 3.8) is 0 Å². The zero-order valence-corrected chi connectivity index (χ0v) is 11.2. The lowest BCUT2D eigenvalue weighted by Gasteiger charge is -1.99. The third kappa shape index (κ3) is 2.81. The lowest BCUT2D eigenvalue weighted by atomic mass is 10.3. The van der Waals surface area contributed by atoms with E-state index in [9.17, 15) is 15.2 Å². The molecule has 8 nitrogen and oxygen atoms in total. The molecule has 0 saturated heterocycles. The van der Waals surface area contributed by atoms with Crippen LogP contribution in [-0.4, -0.2) is 33.1 Å². The molecule has 0 atom stereocenters. The average Bonchev–Trinajstić information content (AvgIpc) is 2.35. The molecule has 2 rings (SSSR count). The first-order chi connectivity index (χ1) is 8.99. The topological polar surface area (TPSA) is 110 Å². The third-order valence-corrected chi connectivity index (χ3v) is 2.89. The van der Waals surface area contributed by atoms with Gasteiger partial charge >= 0.3 is 17.4 Å². The molecule has 0 bridgehead atoms. The van der Waals surface area contributed by atoms with E-state index in [2.05, 4.69) is 26.3 Å². The summed E-state index contributed by atoms with van der Waals surface area (Å²) in [6, 6.07) is 4.85. The fourth-order valence-corrected chi connectivity index (χ4v) is 1.88. The Morgan fingerprint density at radius 2 is 2.11 bits per heavy atom. The summed E-state index contributed by atoms with van der Waals surface area (Å²) in [5, 5.41) is 34.5. The molecule has 1 aromatic carbocycles. The predicted molar refractivity (Wildman–Crippen MR) is 64.9 cm³/mol. The Bertz CT molecular complexity index is 649. The van der Waals surface area contributed by atoms with Crippen LogP contribution in [0.2, 0.25) is 0 Å². The summed E-state index contributed by atoms with van der Waals surface area (Å²) in [6.07, 6.45) is -0.133. The van der Waals surface area contributed by atoms with E-state index in [4.69, 9.17) is 5.11 Å². The highest BCUT2D eigenvalue weighted by molar-refractivity contribution is 9.10. The number of rotatable bonds is 4. The van der Waals surface area contributed by atoms with Crippen molar-refractivity contribution in [3.05, 3.63) is 22.7 Å². The number of nitrogens with one attached hydrogen (secondary N) is 1. The number of carboxylic acid groups (broad SMARTS) is 1. The van der Waals surface area contributed by atoms with Gasteiger partial charge in [0.2, 0.25) is 10.4 Å². The summed E-state index contributed by atoms with van der Waals surface area (Å²) in [5.74, 6) is -1.03. The molecule has 100 valence electrons. The van der Waals surface area contributed by atoms with Crippen LogP contribution in [0.4, 0.5) is 5.95 Å². The number of aliphatic carboxylic acids is 1. The quantitative estimate of drug-likeness (QED) is 0.461. The molecular weight excluding hydrogens is 320 g/mol. The Kier molecular flexibility index (Phi) is 3.65. The summed E-state index contributed by atoms with van der Waals surface area (Å²) in [6.45, 7) is 0.0743. The van der Waals surface area contributed by atoms with Gasteiger partial charge in [0.05, 0.1) is 13.0 Å². The molecule has 0 unspecified atom stereocenters. The number of carbonyl (C=O) groups is 1. The predicted octanol–water partition coefficient (Wildman–Crippen LogP) is -0.0665. The zero-order valence-electron chi connectivity index (χ0n) is 9.62. The smallest absolute Gasteiger partial charge is 0.481 e. The Labute approximate surface area is 115 Å². The molecule has 9 heteroatoms. The number of aromatic nitrogens is 3. The van der Waals surface area contributed by atoms with Crippen molar-refractivity contribution in [1.82, 2.24) is 5.10 Å². The van der Waals surface area contributed by atoms with E-state index in [-0.39, 0.29) is 18.9 Å². The molecule has 4 N–H and O–H groups in total. The highest BCUT2D eigenvalue weighted by Crippen LogP contribution is 2.14. The second-order valence-corrected chi connectivity index (χ2v) is 4.64. The molecule has 0 saturated carbocycles. The molecule has 0 aliphatic carbocycles. The van der Waals surface area contributed by atoms with Gasteiger partial charge in [-0.2, -0.15) is 0 Å². The van der Waals surface area contributed by atoms with Crippen molar-refractivity contribution in [2.75, 3.05) is 11.9 Å². The van der Waals surface area contributed by atoms with Gasteiger partial charge in [-0.05, 0) is 16.9 Å². The van der Waals surface area contributed by atoms with Crippen molar-refractivity contribution in [2.45, 2.75) is 6.42 Å². The van der Waals surface area contributed by atoms with Crippen LogP contribution in [0.15, 0.2) is 22.7 Å². The lowest BCUT2D eigenvalue weighted by Crippen LogP contribution is -2.47. The highest BCUT2D eigenvalue weighted by atomic mass is 79.9. The molecular formula is C10H11BrN4O4+2. The van der Waals surface area contributed by atoms with Gasteiger partial charge in [0, 0.05) is 10.5 Å². The Morgan fingerprint density at radius 1 is 1.37 bits per heavy atom. The average molecular weight is 331 g/mol. The van der Waals surface area contributed by atoms with Gasteiger partial charge in [-0.15, -0.1) is 0 Å². The molecule has 0 amide bonds. The maximum Gasteiger partial charge on any atom is 0.500 e. The van der Waals surface area contributed by atoms with Gasteiger partial charge in [-0.25, -0.2) is 5.21 Å². The molecule has 0 fully saturated rings. The van der Waals surface area contributed by atoms with Crippen molar-refractivity contribution in [1.29, 1.82) is 0 Å². The Balaban J connectivity index is 2.38. The van der Waals surface area contributed by atoms with Gasteiger partial charge in [0.15, 0.2) is 0 Å². The maximum absolute atomic E-state index is 10.4. The van der Waals surface area contributed by atoms with Crippen LogP contribution in [0.25, 0.3) is 11.0 Å². The van der Waals surface area contributed by atoms with E-state index < -0.39 is 5.97 Å². The van der Waals surface area contributed by atoms with E-state index >= 15 is 0 Å². The second kappa shape index (κ2) is 5.22. The fourth-order valence-electron chi connectivity index (χ4n) is 1.53. The number of anilines is 1. The number of hydrogen-bond acceptors (Lipinski definition) is 5. The van der Waals surface area contributed by atoms with Gasteiger partial charge < -0.3 is 10.3 Å². The van der Waals surface area contributed by atoms with Crippen LogP contribution in [0.3, 0.4) is 0 Å². The minimum absolute atomic E-state index is 0.0569. The van der Waals surface area contributed by atoms with Crippen molar-refractivity contribution in [2.24, 2.45) is 0 Å². The highest BCUT2D eigenvalue weighted by Gasteiger charge is 2.27. The number of nitrogens with zero attached hydrogens (tertiary/aromatic N) is 3. The Hall–Kier alpha value is -2.16. The first-order valence-corrected chi connectivity index (χ1v) is 6.10. The number of carboxylic acids is 1. The minimum Gasteiger partial charge on any atom is -0.481 e. The summed E-state index contributed by atoms with van der Waals surface area (Å²) in [5.41, 5.74) is 0.610. The second-order valence-electron chi connectivity index (χ2n) is 3.73. The van der Waals surface area contributed by atoms with Gasteiger partial charge in [0.1, 0.15) is 0 Å². The van der Waals surface area contributed by atoms with Crippen LogP contribution in [0, 0.1) is 0 Å². The van der Waals surface area contributed by atoms with E-state index in [0.29, 0.717) is 15.9 Å². The van der Waals surface area contributed by atoms with Gasteiger partial charge in [-0.3, -0.25) is 10.1 Å². The largest absolute Gasteiger partial charge is 0.500 e. The third-order valence-electron chi connectivity index (χ3n) is 2.39. The number of halogens is 1. The van der Waals surface area contributed by atoms with E-state index in [1.165, 1.54) is 0 Å². The molecule has 0 radical (unpaired) electrons. The molecule has 0 aliphatic rings. The summed E-state index contributed by atoms with van der Waals surface area (Å²) >= 11 is 3.24. The first kappa shape index (κ1) is 13.3. The van der Waals surface area contributed by atoms with Crippen molar-refractivity contribution in [3.8, 4) is 0 Å². The maximum atomic E-state index is 10.4. The molecule has 1 aromatic heterocycles. The normalized spacial score (nSPS) is 10.6. The molecule has 0 aliphatic heterocycles. The number of hydrogen-bond donors (Lipinski definition) is 4. The number of fused-ring (bicyclic) bond motifs is 1. The molecule has 19 heavy (non-hydrogen) atoms. The van der Waals surface area contributed by atoms with Gasteiger partial charge in [-0.1, -0.05) is 15.9 Å². The van der Waals surface area contributed by atoms with Crippen LogP contribution < -0.4 is 14.9 Å². The van der Waals surface area contributed by atoms with E-state index in [1.54, 1.807) is 18.2 Å². The summed E-state index contributed by atoms with van der Waals surface area (Å²) in [7, 11) is 0. The van der Waals surface area contributed by atoms with Crippen molar-refractivity contribution >= 4 is 38.9 Å². The summed E-state index contributed by atoms with van der Waals surface area (Å²) in [4.78, 5) is 11.0. The van der Waals surface area contributed by atoms with Crippen LogP contribution in [0.5, 0.6) is 0 Å². The lowest BCUT2D eigenvalue weighted by molar-refractivity contribution is -0.950. The van der Waals surface area contributed by atoms with Crippen LogP contribution in [-0.2, 0) is 4.79 Å². The van der Waals surface area contributed by atoms with E-state index in [0.717, 1.165) is 9.20 Å². The standard InChI is InChI=1S/C10H9BrN4O4/c11-6-1-2-7-8(5-6)15(19)13-10(14(7)18)12-4-3-9(16)17/h1-2,5,18H,3-4H2,(H-,12,13,16,17,19)/p+2.